The smallest absolute Gasteiger partial charge is 0.0647 e. The van der Waals surface area contributed by atoms with Crippen LogP contribution < -0.4 is 10.6 Å². The van der Waals surface area contributed by atoms with E-state index in [-0.39, 0.29) is 0 Å². The van der Waals surface area contributed by atoms with E-state index in [1.807, 2.05) is 17.8 Å². The molecule has 0 atom stereocenters. The van der Waals surface area contributed by atoms with Crippen LogP contribution in [0.25, 0.3) is 5.69 Å². The van der Waals surface area contributed by atoms with Crippen molar-refractivity contribution in [2.24, 2.45) is 5.73 Å². The van der Waals surface area contributed by atoms with Crippen molar-refractivity contribution in [3.63, 3.8) is 0 Å². The molecule has 0 spiro atoms. The molecule has 0 aliphatic carbocycles. The minimum Gasteiger partial charge on any atom is -0.372 e. The van der Waals surface area contributed by atoms with Crippen LogP contribution in [0, 0.1) is 6.92 Å². The lowest BCUT2D eigenvalue weighted by molar-refractivity contribution is 0.578. The van der Waals surface area contributed by atoms with Crippen LogP contribution >= 0.6 is 0 Å². The summed E-state index contributed by atoms with van der Waals surface area (Å²) < 4.78 is 1.91. The molecule has 2 aromatic rings. The summed E-state index contributed by atoms with van der Waals surface area (Å²) in [7, 11) is 0. The van der Waals surface area contributed by atoms with Crippen molar-refractivity contribution in [1.29, 1.82) is 0 Å². The Morgan fingerprint density at radius 1 is 1.05 bits per heavy atom. The number of nitrogens with zero attached hydrogens (tertiary/aromatic N) is 3. The Bertz CT molecular complexity index is 565. The normalized spacial score (nSPS) is 15.6. The first kappa shape index (κ1) is 13.2. The van der Waals surface area contributed by atoms with E-state index in [2.05, 4.69) is 34.3 Å². The average Bonchev–Trinajstić information content (AvgIpc) is 2.89. The molecule has 106 valence electrons. The molecule has 1 aromatic heterocycles. The molecule has 3 rings (SSSR count). The van der Waals surface area contributed by atoms with Crippen LogP contribution in [-0.4, -0.2) is 22.9 Å². The maximum absolute atomic E-state index is 5.70. The van der Waals surface area contributed by atoms with Crippen molar-refractivity contribution in [3.05, 3.63) is 41.7 Å². The largest absolute Gasteiger partial charge is 0.372 e. The summed E-state index contributed by atoms with van der Waals surface area (Å²) >= 11 is 0. The lowest BCUT2D eigenvalue weighted by Crippen LogP contribution is -2.29. The number of benzene rings is 1. The third-order valence-electron chi connectivity index (χ3n) is 4.06. The average molecular weight is 270 g/mol. The first-order valence-corrected chi connectivity index (χ1v) is 7.38. The van der Waals surface area contributed by atoms with Gasteiger partial charge in [0.15, 0.2) is 0 Å². The lowest BCUT2D eigenvalue weighted by atomic mass is 10.1. The highest BCUT2D eigenvalue weighted by atomic mass is 15.3. The third kappa shape index (κ3) is 2.56. The minimum atomic E-state index is 0.539. The van der Waals surface area contributed by atoms with Crippen LogP contribution in [0.2, 0.25) is 0 Å². The molecule has 1 aromatic carbocycles. The summed E-state index contributed by atoms with van der Waals surface area (Å²) in [5.41, 5.74) is 10.2. The van der Waals surface area contributed by atoms with Crippen molar-refractivity contribution in [2.75, 3.05) is 18.0 Å². The zero-order valence-corrected chi connectivity index (χ0v) is 12.0. The number of nitrogens with two attached hydrogens (primary N) is 1. The summed E-state index contributed by atoms with van der Waals surface area (Å²) in [6.07, 6.45) is 5.99. The van der Waals surface area contributed by atoms with E-state index in [1.165, 1.54) is 38.0 Å². The fourth-order valence-corrected chi connectivity index (χ4v) is 2.80. The molecule has 0 bridgehead atoms. The van der Waals surface area contributed by atoms with Gasteiger partial charge in [-0.15, -0.1) is 0 Å². The predicted molar refractivity (Wildman–Crippen MR) is 82.3 cm³/mol. The van der Waals surface area contributed by atoms with Gasteiger partial charge >= 0.3 is 0 Å². The van der Waals surface area contributed by atoms with Crippen molar-refractivity contribution in [3.8, 4) is 5.69 Å². The summed E-state index contributed by atoms with van der Waals surface area (Å²) in [5, 5.41) is 4.52. The first-order valence-electron chi connectivity index (χ1n) is 7.38. The van der Waals surface area contributed by atoms with E-state index in [0.717, 1.165) is 16.9 Å². The Kier molecular flexibility index (Phi) is 3.74. The molecule has 4 nitrogen and oxygen atoms in total. The zero-order valence-electron chi connectivity index (χ0n) is 12.0. The van der Waals surface area contributed by atoms with Gasteiger partial charge in [-0.3, -0.25) is 0 Å². The van der Waals surface area contributed by atoms with Gasteiger partial charge in [0.05, 0.1) is 11.4 Å². The van der Waals surface area contributed by atoms with Gasteiger partial charge in [0.1, 0.15) is 0 Å². The number of anilines is 1. The molecule has 4 heteroatoms. The van der Waals surface area contributed by atoms with Gasteiger partial charge < -0.3 is 10.6 Å². The van der Waals surface area contributed by atoms with Crippen molar-refractivity contribution < 1.29 is 0 Å². The maximum atomic E-state index is 5.70. The molecule has 1 saturated heterocycles. The van der Waals surface area contributed by atoms with Crippen molar-refractivity contribution >= 4 is 5.69 Å². The monoisotopic (exact) mass is 270 g/mol. The highest BCUT2D eigenvalue weighted by Gasteiger charge is 2.11. The van der Waals surface area contributed by atoms with E-state index < -0.39 is 0 Å². The minimum absolute atomic E-state index is 0.539. The molecule has 1 aliphatic heterocycles. The summed E-state index contributed by atoms with van der Waals surface area (Å²) in [5.74, 6) is 0. The fraction of sp³-hybridized carbons (Fsp3) is 0.438. The molecule has 1 fully saturated rings. The topological polar surface area (TPSA) is 47.1 Å². The molecule has 0 amide bonds. The Balaban J connectivity index is 1.81. The van der Waals surface area contributed by atoms with Gasteiger partial charge in [-0.25, -0.2) is 4.68 Å². The van der Waals surface area contributed by atoms with E-state index in [0.29, 0.717) is 6.54 Å². The molecule has 2 heterocycles. The molecule has 0 saturated carbocycles. The van der Waals surface area contributed by atoms with Gasteiger partial charge in [-0.1, -0.05) is 0 Å². The summed E-state index contributed by atoms with van der Waals surface area (Å²) in [4.78, 5) is 2.47. The summed E-state index contributed by atoms with van der Waals surface area (Å²) in [6, 6.07) is 8.66. The Hall–Kier alpha value is -1.81. The number of hydrogen-bond acceptors (Lipinski definition) is 3. The Morgan fingerprint density at radius 2 is 1.70 bits per heavy atom. The van der Waals surface area contributed by atoms with Crippen LogP contribution in [0.1, 0.15) is 30.5 Å². The number of piperidine rings is 1. The summed E-state index contributed by atoms with van der Waals surface area (Å²) in [6.45, 7) is 4.90. The molecule has 2 N–H and O–H groups in total. The second-order valence-corrected chi connectivity index (χ2v) is 5.45. The quantitative estimate of drug-likeness (QED) is 0.932. The van der Waals surface area contributed by atoms with E-state index in [4.69, 9.17) is 5.73 Å². The first-order chi connectivity index (χ1) is 9.78. The van der Waals surface area contributed by atoms with Crippen molar-refractivity contribution in [1.82, 2.24) is 9.78 Å². The van der Waals surface area contributed by atoms with Crippen molar-refractivity contribution in [2.45, 2.75) is 32.7 Å². The highest BCUT2D eigenvalue weighted by Crippen LogP contribution is 2.21. The zero-order chi connectivity index (χ0) is 13.9. The van der Waals surface area contributed by atoms with Gasteiger partial charge in [0.2, 0.25) is 0 Å². The molecule has 1 aliphatic rings. The lowest BCUT2D eigenvalue weighted by Gasteiger charge is -2.28. The third-order valence-corrected chi connectivity index (χ3v) is 4.06. The Morgan fingerprint density at radius 3 is 2.30 bits per heavy atom. The van der Waals surface area contributed by atoms with E-state index >= 15 is 0 Å². The van der Waals surface area contributed by atoms with Crippen LogP contribution in [-0.2, 0) is 6.54 Å². The maximum Gasteiger partial charge on any atom is 0.0647 e. The SMILES string of the molecule is Cc1nn(-c2ccc(N3CCCCC3)cc2)cc1CN. The van der Waals surface area contributed by atoms with Gasteiger partial charge in [-0.2, -0.15) is 5.10 Å². The number of hydrogen-bond donors (Lipinski definition) is 1. The van der Waals surface area contributed by atoms with Crippen LogP contribution in [0.15, 0.2) is 30.5 Å². The number of aryl methyl sites for hydroxylation is 1. The molecular formula is C16H22N4. The van der Waals surface area contributed by atoms with Crippen LogP contribution in [0.5, 0.6) is 0 Å². The second-order valence-electron chi connectivity index (χ2n) is 5.45. The molecular weight excluding hydrogens is 248 g/mol. The van der Waals surface area contributed by atoms with Crippen LogP contribution in [0.3, 0.4) is 0 Å². The molecule has 0 radical (unpaired) electrons. The van der Waals surface area contributed by atoms with Gasteiger partial charge in [0.25, 0.3) is 0 Å². The highest BCUT2D eigenvalue weighted by molar-refractivity contribution is 5.51. The van der Waals surface area contributed by atoms with E-state index in [9.17, 15) is 0 Å². The molecule has 0 unspecified atom stereocenters. The number of rotatable bonds is 3. The predicted octanol–water partition coefficient (Wildman–Crippen LogP) is 2.63. The second kappa shape index (κ2) is 5.67. The Labute approximate surface area is 120 Å². The van der Waals surface area contributed by atoms with Crippen LogP contribution in [0.4, 0.5) is 5.69 Å². The standard InChI is InChI=1S/C16H22N4/c1-13-14(11-17)12-20(18-13)16-7-5-15(6-8-16)19-9-3-2-4-10-19/h5-8,12H,2-4,9-11,17H2,1H3. The number of aromatic nitrogens is 2. The van der Waals surface area contributed by atoms with Gasteiger partial charge in [-0.05, 0) is 50.5 Å². The fourth-order valence-electron chi connectivity index (χ4n) is 2.80. The van der Waals surface area contributed by atoms with Gasteiger partial charge in [0, 0.05) is 37.1 Å². The van der Waals surface area contributed by atoms with E-state index in [1.54, 1.807) is 0 Å². The molecule has 20 heavy (non-hydrogen) atoms.